The Bertz CT molecular complexity index is 308. The van der Waals surface area contributed by atoms with Gasteiger partial charge in [0.05, 0.1) is 0 Å². The summed E-state index contributed by atoms with van der Waals surface area (Å²) >= 11 is 0. The summed E-state index contributed by atoms with van der Waals surface area (Å²) in [6.07, 6.45) is -1.04. The van der Waals surface area contributed by atoms with Crippen molar-refractivity contribution in [3.63, 3.8) is 0 Å². The normalized spacial score (nSPS) is 12.7. The zero-order valence-corrected chi connectivity index (χ0v) is 10.1. The van der Waals surface area contributed by atoms with Crippen molar-refractivity contribution in [2.75, 3.05) is 0 Å². The van der Waals surface area contributed by atoms with Crippen molar-refractivity contribution in [3.8, 4) is 0 Å². The summed E-state index contributed by atoms with van der Waals surface area (Å²) in [4.78, 5) is 32.7. The molecule has 0 radical (unpaired) electrons. The van der Waals surface area contributed by atoms with Crippen molar-refractivity contribution in [2.24, 2.45) is 5.73 Å². The predicted octanol–water partition coefficient (Wildman–Crippen LogP) is 0.230. The second-order valence-electron chi connectivity index (χ2n) is 4.53. The third-order valence-electron chi connectivity index (χ3n) is 1.64. The standard InChI is InChI=1S/C10H18N2O5/c1-10(2,3)17-9(16)12-7(13)5-4-6(11)8(14)15/h6H,4-5,11H2,1-3H3,(H,14,15)(H,12,13,16)/t6-/m0/s1. The lowest BCUT2D eigenvalue weighted by atomic mass is 10.1. The SMILES string of the molecule is CC(C)(C)OC(=O)NC(=O)CC[C@H](N)C(=O)O. The minimum absolute atomic E-state index is 0.0377. The van der Waals surface area contributed by atoms with Crippen LogP contribution in [0.15, 0.2) is 0 Å². The van der Waals surface area contributed by atoms with E-state index in [1.807, 2.05) is 5.32 Å². The van der Waals surface area contributed by atoms with E-state index in [0.717, 1.165) is 0 Å². The Hall–Kier alpha value is -1.63. The first-order valence-electron chi connectivity index (χ1n) is 5.13. The average molecular weight is 246 g/mol. The van der Waals surface area contributed by atoms with Gasteiger partial charge >= 0.3 is 12.1 Å². The number of rotatable bonds is 4. The molecule has 0 saturated carbocycles. The van der Waals surface area contributed by atoms with Crippen molar-refractivity contribution in [3.05, 3.63) is 0 Å². The third-order valence-corrected chi connectivity index (χ3v) is 1.64. The molecule has 7 heteroatoms. The van der Waals surface area contributed by atoms with Crippen LogP contribution in [0.1, 0.15) is 33.6 Å². The van der Waals surface area contributed by atoms with Gasteiger partial charge in [0, 0.05) is 6.42 Å². The number of carboxylic acids is 1. The van der Waals surface area contributed by atoms with E-state index in [9.17, 15) is 14.4 Å². The Balaban J connectivity index is 3.95. The van der Waals surface area contributed by atoms with E-state index in [1.165, 1.54) is 0 Å². The van der Waals surface area contributed by atoms with Gasteiger partial charge in [-0.2, -0.15) is 0 Å². The first kappa shape index (κ1) is 15.4. The fourth-order valence-corrected chi connectivity index (χ4v) is 0.890. The van der Waals surface area contributed by atoms with Crippen LogP contribution in [0.25, 0.3) is 0 Å². The Labute approximate surface area is 99.3 Å². The predicted molar refractivity (Wildman–Crippen MR) is 59.2 cm³/mol. The summed E-state index contributed by atoms with van der Waals surface area (Å²) in [6, 6.07) is -1.11. The molecule has 17 heavy (non-hydrogen) atoms. The van der Waals surface area contributed by atoms with Gasteiger partial charge in [0.1, 0.15) is 11.6 Å². The minimum Gasteiger partial charge on any atom is -0.480 e. The van der Waals surface area contributed by atoms with Crippen LogP contribution in [0.5, 0.6) is 0 Å². The Morgan fingerprint density at radius 3 is 2.29 bits per heavy atom. The molecule has 0 heterocycles. The maximum absolute atomic E-state index is 11.2. The summed E-state index contributed by atoms with van der Waals surface area (Å²) in [5, 5.41) is 10.5. The number of carbonyl (C=O) groups excluding carboxylic acids is 2. The monoisotopic (exact) mass is 246 g/mol. The molecule has 2 amide bonds. The topological polar surface area (TPSA) is 119 Å². The molecule has 0 fully saturated rings. The molecule has 98 valence electrons. The van der Waals surface area contributed by atoms with Crippen LogP contribution in [0.3, 0.4) is 0 Å². The van der Waals surface area contributed by atoms with Crippen LogP contribution in [0.2, 0.25) is 0 Å². The van der Waals surface area contributed by atoms with E-state index < -0.39 is 29.6 Å². The van der Waals surface area contributed by atoms with Gasteiger partial charge in [-0.05, 0) is 27.2 Å². The first-order chi connectivity index (χ1) is 7.61. The lowest BCUT2D eigenvalue weighted by Crippen LogP contribution is -2.37. The number of ether oxygens (including phenoxy) is 1. The molecule has 1 atom stereocenters. The van der Waals surface area contributed by atoms with Crippen molar-refractivity contribution < 1.29 is 24.2 Å². The second kappa shape index (κ2) is 6.19. The molecule has 0 aromatic heterocycles. The summed E-state index contributed by atoms with van der Waals surface area (Å²) in [7, 11) is 0. The van der Waals surface area contributed by atoms with Gasteiger partial charge in [-0.3, -0.25) is 14.9 Å². The van der Waals surface area contributed by atoms with Gasteiger partial charge < -0.3 is 15.6 Å². The highest BCUT2D eigenvalue weighted by molar-refractivity contribution is 5.92. The molecule has 0 spiro atoms. The fourth-order valence-electron chi connectivity index (χ4n) is 0.890. The van der Waals surface area contributed by atoms with Gasteiger partial charge in [-0.15, -0.1) is 0 Å². The Kier molecular flexibility index (Phi) is 5.60. The smallest absolute Gasteiger partial charge is 0.414 e. The molecule has 0 aromatic rings. The average Bonchev–Trinajstić information content (AvgIpc) is 2.10. The number of amides is 2. The molecule has 0 aliphatic carbocycles. The van der Waals surface area contributed by atoms with E-state index in [1.54, 1.807) is 20.8 Å². The molecule has 0 aliphatic rings. The van der Waals surface area contributed by atoms with Crippen LogP contribution in [-0.4, -0.2) is 34.7 Å². The number of imide groups is 1. The second-order valence-corrected chi connectivity index (χ2v) is 4.53. The van der Waals surface area contributed by atoms with Crippen molar-refractivity contribution >= 4 is 18.0 Å². The first-order valence-corrected chi connectivity index (χ1v) is 5.13. The zero-order valence-electron chi connectivity index (χ0n) is 10.1. The number of nitrogens with one attached hydrogen (secondary N) is 1. The molecule has 0 unspecified atom stereocenters. The zero-order chi connectivity index (χ0) is 13.6. The number of hydrogen-bond acceptors (Lipinski definition) is 5. The molecular weight excluding hydrogens is 228 g/mol. The largest absolute Gasteiger partial charge is 0.480 e. The van der Waals surface area contributed by atoms with Crippen LogP contribution in [0.4, 0.5) is 4.79 Å². The van der Waals surface area contributed by atoms with Crippen LogP contribution in [-0.2, 0) is 14.3 Å². The third kappa shape index (κ3) is 8.21. The maximum atomic E-state index is 11.2. The van der Waals surface area contributed by atoms with E-state index in [0.29, 0.717) is 0 Å². The van der Waals surface area contributed by atoms with Gasteiger partial charge in [-0.1, -0.05) is 0 Å². The van der Waals surface area contributed by atoms with Crippen LogP contribution in [0, 0.1) is 0 Å². The minimum atomic E-state index is -1.19. The number of aliphatic carboxylic acids is 1. The quantitative estimate of drug-likeness (QED) is 0.653. The fraction of sp³-hybridized carbons (Fsp3) is 0.700. The number of alkyl carbamates (subject to hydrolysis) is 1. The molecule has 0 bridgehead atoms. The van der Waals surface area contributed by atoms with Crippen LogP contribution >= 0.6 is 0 Å². The van der Waals surface area contributed by atoms with Crippen molar-refractivity contribution in [1.82, 2.24) is 5.32 Å². The lowest BCUT2D eigenvalue weighted by molar-refractivity contribution is -0.138. The highest BCUT2D eigenvalue weighted by Crippen LogP contribution is 2.06. The molecular formula is C10H18N2O5. The molecule has 4 N–H and O–H groups in total. The summed E-state index contributed by atoms with van der Waals surface area (Å²) in [5.41, 5.74) is 4.51. The maximum Gasteiger partial charge on any atom is 0.414 e. The number of carbonyl (C=O) groups is 3. The molecule has 0 aromatic carbocycles. The summed E-state index contributed by atoms with van der Waals surface area (Å²) in [5.74, 6) is -1.80. The van der Waals surface area contributed by atoms with E-state index in [4.69, 9.17) is 15.6 Å². The van der Waals surface area contributed by atoms with Gasteiger partial charge in [-0.25, -0.2) is 4.79 Å². The number of nitrogens with two attached hydrogens (primary N) is 1. The Morgan fingerprint density at radius 1 is 1.35 bits per heavy atom. The molecule has 0 rings (SSSR count). The summed E-state index contributed by atoms with van der Waals surface area (Å²) in [6.45, 7) is 4.99. The number of carboxylic acid groups (broad SMARTS) is 1. The van der Waals surface area contributed by atoms with E-state index >= 15 is 0 Å². The molecule has 7 nitrogen and oxygen atoms in total. The van der Waals surface area contributed by atoms with Crippen molar-refractivity contribution in [1.29, 1.82) is 0 Å². The lowest BCUT2D eigenvalue weighted by Gasteiger charge is -2.19. The summed E-state index contributed by atoms with van der Waals surface area (Å²) < 4.78 is 4.84. The van der Waals surface area contributed by atoms with Gasteiger partial charge in [0.25, 0.3) is 0 Å². The van der Waals surface area contributed by atoms with Crippen LogP contribution < -0.4 is 11.1 Å². The highest BCUT2D eigenvalue weighted by atomic mass is 16.6. The molecule has 0 saturated heterocycles. The van der Waals surface area contributed by atoms with Gasteiger partial charge in [0.2, 0.25) is 5.91 Å². The van der Waals surface area contributed by atoms with E-state index in [2.05, 4.69) is 0 Å². The van der Waals surface area contributed by atoms with E-state index in [-0.39, 0.29) is 12.8 Å². The van der Waals surface area contributed by atoms with Crippen molar-refractivity contribution in [2.45, 2.75) is 45.3 Å². The Morgan fingerprint density at radius 2 is 1.88 bits per heavy atom. The van der Waals surface area contributed by atoms with Gasteiger partial charge in [0.15, 0.2) is 0 Å². The molecule has 0 aliphatic heterocycles. The highest BCUT2D eigenvalue weighted by Gasteiger charge is 2.19. The number of hydrogen-bond donors (Lipinski definition) is 3.